The number of morpholine rings is 1. The van der Waals surface area contributed by atoms with Gasteiger partial charge in [-0.15, -0.1) is 0 Å². The Balaban J connectivity index is 0.000000249. The average Bonchev–Trinajstić information content (AvgIpc) is 2.03. The first-order valence-corrected chi connectivity index (χ1v) is 5.94. The Bertz CT molecular complexity index is 211. The summed E-state index contributed by atoms with van der Waals surface area (Å²) in [6.07, 6.45) is -0.995. The Labute approximate surface area is 84.0 Å². The minimum absolute atomic E-state index is 0.590. The Morgan fingerprint density at radius 2 is 1.93 bits per heavy atom. The molecule has 7 heteroatoms. The summed E-state index contributed by atoms with van der Waals surface area (Å²) in [7, 11) is -3.97. The van der Waals surface area contributed by atoms with Crippen molar-refractivity contribution in [2.45, 2.75) is 13.0 Å². The van der Waals surface area contributed by atoms with E-state index in [9.17, 15) is 8.42 Å². The number of nitrogens with one attached hydrogen (secondary N) is 1. The van der Waals surface area contributed by atoms with Crippen molar-refractivity contribution in [1.82, 2.24) is 5.32 Å². The highest BCUT2D eigenvalue weighted by molar-refractivity contribution is 7.85. The van der Waals surface area contributed by atoms with Crippen molar-refractivity contribution in [3.05, 3.63) is 0 Å². The molecule has 0 saturated carbocycles. The van der Waals surface area contributed by atoms with Gasteiger partial charge in [0.25, 0.3) is 10.1 Å². The van der Waals surface area contributed by atoms with Crippen LogP contribution in [-0.4, -0.2) is 56.2 Å². The van der Waals surface area contributed by atoms with Crippen LogP contribution in [-0.2, 0) is 14.9 Å². The van der Waals surface area contributed by atoms with Crippen molar-refractivity contribution in [1.29, 1.82) is 0 Å². The smallest absolute Gasteiger partial charge is 0.267 e. The van der Waals surface area contributed by atoms with Gasteiger partial charge in [0.05, 0.1) is 19.3 Å². The van der Waals surface area contributed by atoms with Gasteiger partial charge in [-0.3, -0.25) is 4.55 Å². The van der Waals surface area contributed by atoms with Gasteiger partial charge in [0, 0.05) is 13.1 Å². The summed E-state index contributed by atoms with van der Waals surface area (Å²) in [6.45, 7) is 5.12. The first-order chi connectivity index (χ1) is 6.42. The van der Waals surface area contributed by atoms with E-state index in [1.807, 2.05) is 0 Å². The summed E-state index contributed by atoms with van der Waals surface area (Å²) in [6, 6.07) is 0. The lowest BCUT2D eigenvalue weighted by molar-refractivity contribution is 0.109. The van der Waals surface area contributed by atoms with Crippen LogP contribution < -0.4 is 5.32 Å². The summed E-state index contributed by atoms with van der Waals surface area (Å²) >= 11 is 0. The molecule has 0 spiro atoms. The Morgan fingerprint density at radius 3 is 2.00 bits per heavy atom. The number of hydrogen-bond donors (Lipinski definition) is 3. The third-order valence-electron chi connectivity index (χ3n) is 1.30. The molecular weight excluding hydrogens is 210 g/mol. The van der Waals surface area contributed by atoms with E-state index in [2.05, 4.69) is 5.32 Å². The van der Waals surface area contributed by atoms with Crippen LogP contribution >= 0.6 is 0 Å². The van der Waals surface area contributed by atoms with E-state index < -0.39 is 22.0 Å². The maximum absolute atomic E-state index is 9.84. The fourth-order valence-electron chi connectivity index (χ4n) is 0.821. The van der Waals surface area contributed by atoms with E-state index in [4.69, 9.17) is 14.4 Å². The molecule has 3 N–H and O–H groups in total. The van der Waals surface area contributed by atoms with E-state index in [0.29, 0.717) is 0 Å². The number of rotatable bonds is 2. The maximum atomic E-state index is 9.84. The van der Waals surface area contributed by atoms with Crippen LogP contribution in [0.4, 0.5) is 0 Å². The molecule has 6 nitrogen and oxygen atoms in total. The average molecular weight is 227 g/mol. The fourth-order valence-corrected chi connectivity index (χ4v) is 1.43. The molecule has 1 unspecified atom stereocenters. The van der Waals surface area contributed by atoms with Gasteiger partial charge in [0.1, 0.15) is 5.75 Å². The molecule has 0 aromatic carbocycles. The minimum atomic E-state index is -3.97. The van der Waals surface area contributed by atoms with Crippen molar-refractivity contribution in [3.8, 4) is 0 Å². The standard InChI is InChI=1S/C4H9NO.C3H8O4S/c1-3-6-4-2-5-1;1-3(4)2-8(5,6)7/h5H,1-4H2;3-4H,2H2,1H3,(H,5,6,7). The van der Waals surface area contributed by atoms with E-state index in [1.54, 1.807) is 0 Å². The summed E-state index contributed by atoms with van der Waals surface area (Å²) < 4.78 is 32.7. The van der Waals surface area contributed by atoms with Crippen LogP contribution in [0.15, 0.2) is 0 Å². The zero-order chi connectivity index (χ0) is 11.0. The molecule has 1 aliphatic rings. The third kappa shape index (κ3) is 11.8. The van der Waals surface area contributed by atoms with Gasteiger partial charge in [-0.2, -0.15) is 8.42 Å². The number of hydrogen-bond acceptors (Lipinski definition) is 5. The van der Waals surface area contributed by atoms with Gasteiger partial charge in [0.2, 0.25) is 0 Å². The van der Waals surface area contributed by atoms with Crippen molar-refractivity contribution in [2.24, 2.45) is 0 Å². The normalized spacial score (nSPS) is 19.4. The zero-order valence-corrected chi connectivity index (χ0v) is 8.96. The lowest BCUT2D eigenvalue weighted by Gasteiger charge is -2.10. The lowest BCUT2D eigenvalue weighted by atomic mass is 10.5. The molecule has 0 aromatic rings. The van der Waals surface area contributed by atoms with Crippen LogP contribution in [0.2, 0.25) is 0 Å². The molecule has 0 amide bonds. The van der Waals surface area contributed by atoms with Gasteiger partial charge >= 0.3 is 0 Å². The van der Waals surface area contributed by atoms with Crippen molar-refractivity contribution < 1.29 is 22.8 Å². The van der Waals surface area contributed by atoms with Gasteiger partial charge < -0.3 is 15.2 Å². The summed E-state index contributed by atoms with van der Waals surface area (Å²) in [5.41, 5.74) is 0. The molecule has 1 rings (SSSR count). The molecule has 0 aliphatic carbocycles. The lowest BCUT2D eigenvalue weighted by Crippen LogP contribution is -2.30. The molecule has 0 radical (unpaired) electrons. The molecule has 1 atom stereocenters. The number of aliphatic hydroxyl groups is 1. The molecule has 1 saturated heterocycles. The van der Waals surface area contributed by atoms with E-state index >= 15 is 0 Å². The van der Waals surface area contributed by atoms with Gasteiger partial charge in [0.15, 0.2) is 0 Å². The van der Waals surface area contributed by atoms with E-state index in [0.717, 1.165) is 26.3 Å². The van der Waals surface area contributed by atoms with Crippen LogP contribution in [0, 0.1) is 0 Å². The van der Waals surface area contributed by atoms with Gasteiger partial charge in [-0.05, 0) is 6.92 Å². The van der Waals surface area contributed by atoms with Gasteiger partial charge in [-0.25, -0.2) is 0 Å². The van der Waals surface area contributed by atoms with E-state index in [-0.39, 0.29) is 0 Å². The SMILES string of the molecule is C1COCCN1.CC(O)CS(=O)(=O)O. The highest BCUT2D eigenvalue weighted by Crippen LogP contribution is 1.86. The van der Waals surface area contributed by atoms with Crippen molar-refractivity contribution >= 4 is 10.1 Å². The predicted octanol–water partition coefficient (Wildman–Crippen LogP) is -1.14. The molecule has 1 fully saturated rings. The highest BCUT2D eigenvalue weighted by Gasteiger charge is 2.07. The summed E-state index contributed by atoms with van der Waals surface area (Å²) in [4.78, 5) is 0. The Morgan fingerprint density at radius 1 is 1.43 bits per heavy atom. The number of aliphatic hydroxyl groups excluding tert-OH is 1. The second-order valence-electron chi connectivity index (χ2n) is 2.96. The zero-order valence-electron chi connectivity index (χ0n) is 8.14. The predicted molar refractivity (Wildman–Crippen MR) is 51.8 cm³/mol. The largest absolute Gasteiger partial charge is 0.392 e. The molecule has 0 aromatic heterocycles. The first kappa shape index (κ1) is 13.8. The Hall–Kier alpha value is -0.210. The fraction of sp³-hybridized carbons (Fsp3) is 1.00. The second-order valence-corrected chi connectivity index (χ2v) is 4.46. The molecule has 1 heterocycles. The quantitative estimate of drug-likeness (QED) is 0.516. The Kier molecular flexibility index (Phi) is 7.02. The maximum Gasteiger partial charge on any atom is 0.267 e. The van der Waals surface area contributed by atoms with Crippen molar-refractivity contribution in [3.63, 3.8) is 0 Å². The van der Waals surface area contributed by atoms with Crippen LogP contribution in [0.25, 0.3) is 0 Å². The highest BCUT2D eigenvalue weighted by atomic mass is 32.2. The van der Waals surface area contributed by atoms with Crippen LogP contribution in [0.5, 0.6) is 0 Å². The summed E-state index contributed by atoms with van der Waals surface area (Å²) in [5, 5.41) is 11.5. The molecular formula is C7H17NO5S. The van der Waals surface area contributed by atoms with Crippen molar-refractivity contribution in [2.75, 3.05) is 32.1 Å². The monoisotopic (exact) mass is 227 g/mol. The second kappa shape index (κ2) is 7.13. The minimum Gasteiger partial charge on any atom is -0.392 e. The topological polar surface area (TPSA) is 95.9 Å². The number of ether oxygens (including phenoxy) is 1. The van der Waals surface area contributed by atoms with E-state index in [1.165, 1.54) is 6.92 Å². The molecule has 1 aliphatic heterocycles. The summed E-state index contributed by atoms with van der Waals surface area (Å²) in [5.74, 6) is -0.590. The molecule has 0 bridgehead atoms. The third-order valence-corrected chi connectivity index (χ3v) is 2.20. The van der Waals surface area contributed by atoms with Crippen LogP contribution in [0.1, 0.15) is 6.92 Å². The molecule has 14 heavy (non-hydrogen) atoms. The van der Waals surface area contributed by atoms with Gasteiger partial charge in [-0.1, -0.05) is 0 Å². The molecule has 86 valence electrons. The van der Waals surface area contributed by atoms with Crippen LogP contribution in [0.3, 0.4) is 0 Å². The first-order valence-electron chi connectivity index (χ1n) is 4.33.